The van der Waals surface area contributed by atoms with Crippen LogP contribution in [0, 0.1) is 5.82 Å². The Bertz CT molecular complexity index is 1240. The topological polar surface area (TPSA) is 80.6 Å². The highest BCUT2D eigenvalue weighted by atomic mass is 19.1. The van der Waals surface area contributed by atoms with Gasteiger partial charge in [0.15, 0.2) is 12.4 Å². The van der Waals surface area contributed by atoms with E-state index in [-0.39, 0.29) is 22.8 Å². The second kappa shape index (κ2) is 8.48. The molecule has 0 spiro atoms. The average Bonchev–Trinajstić information content (AvgIpc) is 2.78. The summed E-state index contributed by atoms with van der Waals surface area (Å²) in [5.41, 5.74) is 6.30. The number of anilines is 1. The van der Waals surface area contributed by atoms with E-state index in [2.05, 4.69) is 10.9 Å². The predicted octanol–water partition coefficient (Wildman–Crippen LogP) is 4.12. The monoisotopic (exact) mass is 404 g/mol. The molecule has 3 aromatic carbocycles. The van der Waals surface area contributed by atoms with Gasteiger partial charge in [0.05, 0.1) is 11.1 Å². The van der Waals surface area contributed by atoms with Crippen LogP contribution in [0.1, 0.15) is 0 Å². The molecule has 0 bridgehead atoms. The van der Waals surface area contributed by atoms with Crippen molar-refractivity contribution in [2.45, 2.75) is 0 Å². The molecule has 0 fully saturated rings. The van der Waals surface area contributed by atoms with Crippen molar-refractivity contribution in [2.75, 3.05) is 12.0 Å². The molecule has 2 N–H and O–H groups in total. The number of hydrogen-bond donors (Lipinski definition) is 2. The minimum Gasteiger partial charge on any atom is -0.476 e. The number of ether oxygens (including phenoxy) is 1. The first kappa shape index (κ1) is 19.2. The van der Waals surface area contributed by atoms with E-state index in [1.165, 1.54) is 24.3 Å². The summed E-state index contributed by atoms with van der Waals surface area (Å²) in [6, 6.07) is 21.4. The van der Waals surface area contributed by atoms with Crippen LogP contribution in [0.15, 0.2) is 88.1 Å². The average molecular weight is 404 g/mol. The molecule has 0 aliphatic heterocycles. The maximum Gasteiger partial charge on any atom is 0.276 e. The lowest BCUT2D eigenvalue weighted by molar-refractivity contribution is -0.122. The number of nitrogens with one attached hydrogen (secondary N) is 2. The van der Waals surface area contributed by atoms with E-state index >= 15 is 0 Å². The van der Waals surface area contributed by atoms with Gasteiger partial charge in [0.2, 0.25) is 11.2 Å². The van der Waals surface area contributed by atoms with E-state index in [0.29, 0.717) is 22.2 Å². The largest absolute Gasteiger partial charge is 0.476 e. The van der Waals surface area contributed by atoms with Gasteiger partial charge in [-0.2, -0.15) is 0 Å². The summed E-state index contributed by atoms with van der Waals surface area (Å²) >= 11 is 0. The standard InChI is InChI=1S/C23H17FN2O4/c24-16-10-12-17(13-11-16)25-26-20(27)14-29-23-21(28)18-8-4-5-9-19(18)30-22(23)15-6-2-1-3-7-15/h1-13,25H,14H2,(H,26,27). The maximum atomic E-state index is 13.0. The van der Waals surface area contributed by atoms with Crippen LogP contribution in [-0.2, 0) is 4.79 Å². The van der Waals surface area contributed by atoms with Gasteiger partial charge in [0.25, 0.3) is 5.91 Å². The van der Waals surface area contributed by atoms with Gasteiger partial charge in [0, 0.05) is 5.56 Å². The van der Waals surface area contributed by atoms with Crippen molar-refractivity contribution in [2.24, 2.45) is 0 Å². The van der Waals surface area contributed by atoms with Gasteiger partial charge in [-0.15, -0.1) is 0 Å². The zero-order chi connectivity index (χ0) is 20.9. The normalized spacial score (nSPS) is 10.6. The molecule has 0 aliphatic rings. The van der Waals surface area contributed by atoms with Crippen LogP contribution in [0.25, 0.3) is 22.3 Å². The molecule has 1 amide bonds. The van der Waals surface area contributed by atoms with Crippen molar-refractivity contribution < 1.29 is 18.3 Å². The summed E-state index contributed by atoms with van der Waals surface area (Å²) in [7, 11) is 0. The Morgan fingerprint density at radius 1 is 0.933 bits per heavy atom. The number of benzene rings is 3. The highest BCUT2D eigenvalue weighted by molar-refractivity contribution is 5.83. The number of hydrazine groups is 1. The van der Waals surface area contributed by atoms with Crippen molar-refractivity contribution in [1.29, 1.82) is 0 Å². The Balaban J connectivity index is 1.56. The lowest BCUT2D eigenvalue weighted by Gasteiger charge is -2.12. The lowest BCUT2D eigenvalue weighted by atomic mass is 10.1. The number of carbonyl (C=O) groups excluding carboxylic acids is 1. The fourth-order valence-corrected chi connectivity index (χ4v) is 2.88. The maximum absolute atomic E-state index is 13.0. The molecule has 4 aromatic rings. The van der Waals surface area contributed by atoms with E-state index in [1.54, 1.807) is 36.4 Å². The second-order valence-electron chi connectivity index (χ2n) is 6.42. The molecule has 0 saturated carbocycles. The molecular weight excluding hydrogens is 387 g/mol. The molecule has 0 saturated heterocycles. The Morgan fingerprint density at radius 2 is 1.63 bits per heavy atom. The Kier molecular flexibility index (Phi) is 5.43. The first-order chi connectivity index (χ1) is 14.6. The first-order valence-corrected chi connectivity index (χ1v) is 9.16. The van der Waals surface area contributed by atoms with E-state index in [4.69, 9.17) is 9.15 Å². The van der Waals surface area contributed by atoms with Gasteiger partial charge in [-0.25, -0.2) is 4.39 Å². The van der Waals surface area contributed by atoms with Gasteiger partial charge >= 0.3 is 0 Å². The highest BCUT2D eigenvalue weighted by Crippen LogP contribution is 2.30. The minimum atomic E-state index is -0.522. The first-order valence-electron chi connectivity index (χ1n) is 9.16. The van der Waals surface area contributed by atoms with E-state index < -0.39 is 12.5 Å². The summed E-state index contributed by atoms with van der Waals surface area (Å²) < 4.78 is 24.5. The van der Waals surface area contributed by atoms with Gasteiger partial charge in [-0.05, 0) is 36.4 Å². The van der Waals surface area contributed by atoms with Gasteiger partial charge in [0.1, 0.15) is 11.4 Å². The van der Waals surface area contributed by atoms with Crippen LogP contribution in [0.2, 0.25) is 0 Å². The summed E-state index contributed by atoms with van der Waals surface area (Å²) in [5.74, 6) is -0.701. The molecule has 1 aromatic heterocycles. The molecule has 4 rings (SSSR count). The molecule has 0 radical (unpaired) electrons. The number of fused-ring (bicyclic) bond motifs is 1. The summed E-state index contributed by atoms with van der Waals surface area (Å²) in [4.78, 5) is 25.2. The predicted molar refractivity (Wildman–Crippen MR) is 112 cm³/mol. The van der Waals surface area contributed by atoms with Crippen LogP contribution in [-0.4, -0.2) is 12.5 Å². The number of rotatable bonds is 6. The Hall–Kier alpha value is -4.13. The summed E-state index contributed by atoms with van der Waals surface area (Å²) in [6.07, 6.45) is 0. The lowest BCUT2D eigenvalue weighted by Crippen LogP contribution is -2.34. The number of amides is 1. The van der Waals surface area contributed by atoms with E-state index in [0.717, 1.165) is 0 Å². The summed E-state index contributed by atoms with van der Waals surface area (Å²) in [5, 5.41) is 0.358. The fraction of sp³-hybridized carbons (Fsp3) is 0.0435. The number of hydrogen-bond acceptors (Lipinski definition) is 5. The third-order valence-electron chi connectivity index (χ3n) is 4.33. The van der Waals surface area contributed by atoms with E-state index in [9.17, 15) is 14.0 Å². The molecule has 1 heterocycles. The smallest absolute Gasteiger partial charge is 0.276 e. The van der Waals surface area contributed by atoms with Crippen LogP contribution in [0.3, 0.4) is 0 Å². The molecule has 0 unspecified atom stereocenters. The van der Waals surface area contributed by atoms with Gasteiger partial charge < -0.3 is 9.15 Å². The van der Waals surface area contributed by atoms with Crippen LogP contribution in [0.4, 0.5) is 10.1 Å². The van der Waals surface area contributed by atoms with Crippen molar-refractivity contribution in [3.8, 4) is 17.1 Å². The van der Waals surface area contributed by atoms with Crippen molar-refractivity contribution in [1.82, 2.24) is 5.43 Å². The Morgan fingerprint density at radius 3 is 2.40 bits per heavy atom. The fourth-order valence-electron chi connectivity index (χ4n) is 2.88. The van der Waals surface area contributed by atoms with Crippen LogP contribution in [0.5, 0.6) is 5.75 Å². The second-order valence-corrected chi connectivity index (χ2v) is 6.42. The van der Waals surface area contributed by atoms with Crippen molar-refractivity contribution in [3.63, 3.8) is 0 Å². The zero-order valence-electron chi connectivity index (χ0n) is 15.7. The van der Waals surface area contributed by atoms with Crippen LogP contribution < -0.4 is 21.0 Å². The molecule has 0 aliphatic carbocycles. The van der Waals surface area contributed by atoms with Crippen molar-refractivity contribution >= 4 is 22.6 Å². The molecule has 0 atom stereocenters. The SMILES string of the molecule is O=C(COc1c(-c2ccccc2)oc2ccccc2c1=O)NNc1ccc(F)cc1. The van der Waals surface area contributed by atoms with Crippen LogP contribution >= 0.6 is 0 Å². The van der Waals surface area contributed by atoms with Gasteiger partial charge in [-0.1, -0.05) is 42.5 Å². The number of para-hydroxylation sites is 1. The van der Waals surface area contributed by atoms with Gasteiger partial charge in [-0.3, -0.25) is 20.4 Å². The summed E-state index contributed by atoms with van der Waals surface area (Å²) in [6.45, 7) is -0.420. The molecule has 6 nitrogen and oxygen atoms in total. The zero-order valence-corrected chi connectivity index (χ0v) is 15.7. The number of carbonyl (C=O) groups is 1. The molecule has 150 valence electrons. The van der Waals surface area contributed by atoms with E-state index in [1.807, 2.05) is 18.2 Å². The molecular formula is C23H17FN2O4. The van der Waals surface area contributed by atoms with Crippen molar-refractivity contribution in [3.05, 3.63) is 94.9 Å². The Labute approximate surface area is 170 Å². The minimum absolute atomic E-state index is 0.0446. The molecule has 7 heteroatoms. The highest BCUT2D eigenvalue weighted by Gasteiger charge is 2.18. The third kappa shape index (κ3) is 4.15. The number of halogens is 1. The third-order valence-corrected chi connectivity index (χ3v) is 4.33. The quantitative estimate of drug-likeness (QED) is 0.473. The molecule has 30 heavy (non-hydrogen) atoms.